The molecule has 8 N–H and O–H groups in total. The molecular weight excluding hydrogens is 384 g/mol. The van der Waals surface area contributed by atoms with Crippen molar-refractivity contribution in [2.75, 3.05) is 11.9 Å². The zero-order valence-electron chi connectivity index (χ0n) is 11.9. The minimum Gasteiger partial charge on any atom is -0.394 e. The fraction of sp³-hybridized carbons (Fsp3) is 1.00. The first-order valence-corrected chi connectivity index (χ1v) is 8.12. The molecule has 2 saturated heterocycles. The van der Waals surface area contributed by atoms with Gasteiger partial charge in [-0.3, -0.25) is 0 Å². The summed E-state index contributed by atoms with van der Waals surface area (Å²) in [5.74, 6) is -2.73. The summed E-state index contributed by atoms with van der Waals surface area (Å²) < 4.78 is 10.4. The molecule has 0 bridgehead atoms. The Morgan fingerprint density at radius 1 is 0.826 bits per heavy atom. The highest BCUT2D eigenvalue weighted by Crippen LogP contribution is 2.37. The van der Waals surface area contributed by atoms with E-state index in [1.165, 1.54) is 0 Å². The second-order valence-corrected chi connectivity index (χ2v) is 6.39. The van der Waals surface area contributed by atoms with Crippen molar-refractivity contribution in [3.63, 3.8) is 0 Å². The van der Waals surface area contributed by atoms with Gasteiger partial charge in [0.05, 0.1) is 12.7 Å². The molecule has 0 amide bonds. The van der Waals surface area contributed by atoms with Gasteiger partial charge >= 0.3 is 0 Å². The second kappa shape index (κ2) is 7.14. The molecule has 136 valence electrons. The van der Waals surface area contributed by atoms with Crippen LogP contribution in [0, 0.1) is 0 Å². The molecule has 0 aromatic rings. The van der Waals surface area contributed by atoms with Crippen molar-refractivity contribution in [3.05, 3.63) is 0 Å². The normalized spacial score (nSPS) is 54.9. The van der Waals surface area contributed by atoms with Crippen LogP contribution in [0.1, 0.15) is 0 Å². The molecule has 0 aliphatic carbocycles. The number of rotatable bonds is 3. The number of ether oxygens (including phenoxy) is 2. The van der Waals surface area contributed by atoms with Gasteiger partial charge in [0.15, 0.2) is 0 Å². The van der Waals surface area contributed by atoms with E-state index in [1.807, 2.05) is 0 Å². The summed E-state index contributed by atoms with van der Waals surface area (Å²) in [4.78, 5) is 0. The van der Waals surface area contributed by atoms with Gasteiger partial charge in [-0.1, -0.05) is 15.9 Å². The quantitative estimate of drug-likeness (QED) is 0.213. The molecule has 2 aliphatic heterocycles. The molecule has 0 aromatic carbocycles. The molecular formula is C12H21BrO10. The Kier molecular flexibility index (Phi) is 6.02. The van der Waals surface area contributed by atoms with Gasteiger partial charge in [0.1, 0.15) is 48.8 Å². The van der Waals surface area contributed by atoms with Crippen LogP contribution in [0.5, 0.6) is 0 Å². The van der Waals surface area contributed by atoms with E-state index in [1.54, 1.807) is 0 Å². The first-order valence-electron chi connectivity index (χ1n) is 6.99. The second-order valence-electron chi connectivity index (χ2n) is 5.74. The Balaban J connectivity index is 2.33. The van der Waals surface area contributed by atoms with Crippen LogP contribution >= 0.6 is 15.9 Å². The summed E-state index contributed by atoms with van der Waals surface area (Å²) in [6.45, 7) is -0.789. The maximum Gasteiger partial charge on any atom is 0.225 e. The van der Waals surface area contributed by atoms with Crippen LogP contribution < -0.4 is 0 Å². The molecule has 2 heterocycles. The molecule has 2 rings (SSSR count). The molecule has 2 aliphatic rings. The third-order valence-electron chi connectivity index (χ3n) is 4.27. The number of aliphatic hydroxyl groups is 8. The van der Waals surface area contributed by atoms with Crippen LogP contribution in [0.25, 0.3) is 0 Å². The average molecular weight is 405 g/mol. The molecule has 10 nitrogen and oxygen atoms in total. The van der Waals surface area contributed by atoms with Crippen LogP contribution in [0.3, 0.4) is 0 Å². The summed E-state index contributed by atoms with van der Waals surface area (Å²) >= 11 is 3.04. The smallest absolute Gasteiger partial charge is 0.225 e. The van der Waals surface area contributed by atoms with Crippen LogP contribution in [0.4, 0.5) is 0 Å². The lowest BCUT2D eigenvalue weighted by Crippen LogP contribution is -2.75. The number of hydrogen-bond acceptors (Lipinski definition) is 10. The molecule has 11 heteroatoms. The van der Waals surface area contributed by atoms with E-state index >= 15 is 0 Å². The molecule has 0 aromatic heterocycles. The SMILES string of the molecule is OC[C@H]1OC(O)([C@H]2O[C@H](CBr)[C@@H](O)[C@H](O)[C@H]2O)[C@H](O)[C@@H](O)[C@@H]1O. The van der Waals surface area contributed by atoms with E-state index in [2.05, 4.69) is 15.9 Å². The van der Waals surface area contributed by atoms with E-state index in [4.69, 9.17) is 14.6 Å². The van der Waals surface area contributed by atoms with Crippen molar-refractivity contribution >= 4 is 15.9 Å². The fourth-order valence-corrected chi connectivity index (χ4v) is 3.37. The monoisotopic (exact) mass is 404 g/mol. The van der Waals surface area contributed by atoms with Gasteiger partial charge in [0, 0.05) is 5.33 Å². The van der Waals surface area contributed by atoms with Crippen LogP contribution in [-0.2, 0) is 9.47 Å². The Hall–Kier alpha value is 0.0800. The molecule has 23 heavy (non-hydrogen) atoms. The van der Waals surface area contributed by atoms with Gasteiger partial charge in [-0.05, 0) is 0 Å². The molecule has 0 spiro atoms. The Morgan fingerprint density at radius 2 is 1.39 bits per heavy atom. The number of hydrogen-bond donors (Lipinski definition) is 8. The highest BCUT2D eigenvalue weighted by molar-refractivity contribution is 9.09. The van der Waals surface area contributed by atoms with Gasteiger partial charge in [-0.2, -0.15) is 0 Å². The van der Waals surface area contributed by atoms with Gasteiger partial charge in [0.25, 0.3) is 0 Å². The van der Waals surface area contributed by atoms with Crippen molar-refractivity contribution < 1.29 is 50.3 Å². The Bertz CT molecular complexity index is 409. The van der Waals surface area contributed by atoms with Crippen LogP contribution in [0.2, 0.25) is 0 Å². The standard InChI is InChI=1S/C12H21BrO10/c13-1-3-5(15)7(17)9(19)11(22-3)12(21)10(20)8(18)6(16)4(2-14)23-12/h3-11,14-21H,1-2H2/t3-,4-,5-,6-,7+,8+,9-,10-,11+,12?/m1/s1. The van der Waals surface area contributed by atoms with Crippen molar-refractivity contribution in [1.82, 2.24) is 0 Å². The minimum atomic E-state index is -2.73. The van der Waals surface area contributed by atoms with E-state index in [0.29, 0.717) is 0 Å². The summed E-state index contributed by atoms with van der Waals surface area (Å²) in [5, 5.41) is 79.1. The van der Waals surface area contributed by atoms with Gasteiger partial charge in [-0.15, -0.1) is 0 Å². The summed E-state index contributed by atoms with van der Waals surface area (Å²) in [6, 6.07) is 0. The molecule has 0 saturated carbocycles. The van der Waals surface area contributed by atoms with Crippen LogP contribution in [0.15, 0.2) is 0 Å². The molecule has 1 unspecified atom stereocenters. The maximum absolute atomic E-state index is 10.6. The summed E-state index contributed by atoms with van der Waals surface area (Å²) in [7, 11) is 0. The third kappa shape index (κ3) is 3.16. The largest absolute Gasteiger partial charge is 0.394 e. The van der Waals surface area contributed by atoms with E-state index in [-0.39, 0.29) is 5.33 Å². The molecule has 2 fully saturated rings. The van der Waals surface area contributed by atoms with E-state index in [9.17, 15) is 35.7 Å². The van der Waals surface area contributed by atoms with Gasteiger partial charge in [-0.25, -0.2) is 0 Å². The first-order chi connectivity index (χ1) is 10.7. The number of aliphatic hydroxyl groups excluding tert-OH is 7. The Morgan fingerprint density at radius 3 is 1.91 bits per heavy atom. The fourth-order valence-electron chi connectivity index (χ4n) is 2.83. The summed E-state index contributed by atoms with van der Waals surface area (Å²) in [6.07, 6.45) is -15.0. The molecule has 0 radical (unpaired) electrons. The van der Waals surface area contributed by atoms with E-state index in [0.717, 1.165) is 0 Å². The lowest BCUT2D eigenvalue weighted by Gasteiger charge is -2.52. The van der Waals surface area contributed by atoms with Crippen molar-refractivity contribution in [1.29, 1.82) is 0 Å². The number of alkyl halides is 1. The third-order valence-corrected chi connectivity index (χ3v) is 4.91. The first kappa shape index (κ1) is 19.4. The Labute approximate surface area is 139 Å². The van der Waals surface area contributed by atoms with Gasteiger partial charge in [0.2, 0.25) is 5.79 Å². The zero-order valence-corrected chi connectivity index (χ0v) is 13.5. The highest BCUT2D eigenvalue weighted by Gasteiger charge is 2.62. The van der Waals surface area contributed by atoms with Gasteiger partial charge < -0.3 is 50.3 Å². The minimum absolute atomic E-state index is 0.0369. The van der Waals surface area contributed by atoms with Crippen LogP contribution in [-0.4, -0.2) is 114 Å². The predicted octanol–water partition coefficient (Wildman–Crippen LogP) is -4.61. The predicted molar refractivity (Wildman–Crippen MR) is 75.4 cm³/mol. The van der Waals surface area contributed by atoms with Crippen molar-refractivity contribution in [2.24, 2.45) is 0 Å². The number of halogens is 1. The average Bonchev–Trinajstić information content (AvgIpc) is 2.54. The van der Waals surface area contributed by atoms with E-state index < -0.39 is 67.3 Å². The van der Waals surface area contributed by atoms with Crippen molar-refractivity contribution in [2.45, 2.75) is 60.7 Å². The maximum atomic E-state index is 10.6. The molecule has 10 atom stereocenters. The van der Waals surface area contributed by atoms with Crippen molar-refractivity contribution in [3.8, 4) is 0 Å². The lowest BCUT2D eigenvalue weighted by atomic mass is 9.83. The topological polar surface area (TPSA) is 180 Å². The summed E-state index contributed by atoms with van der Waals surface area (Å²) in [5.41, 5.74) is 0. The zero-order chi connectivity index (χ0) is 17.5. The lowest BCUT2D eigenvalue weighted by molar-refractivity contribution is -0.404. The highest BCUT2D eigenvalue weighted by atomic mass is 79.9.